The van der Waals surface area contributed by atoms with Gasteiger partial charge in [-0.15, -0.1) is 0 Å². The summed E-state index contributed by atoms with van der Waals surface area (Å²) in [6, 6.07) is 4.80. The van der Waals surface area contributed by atoms with E-state index in [0.717, 1.165) is 18.4 Å². The zero-order valence-electron chi connectivity index (χ0n) is 11.5. The Balaban J connectivity index is 3.13. The third-order valence-electron chi connectivity index (χ3n) is 2.81. The molecule has 0 saturated carbocycles. The molecule has 0 fully saturated rings. The summed E-state index contributed by atoms with van der Waals surface area (Å²) in [6.07, 6.45) is 1.65. The second-order valence-electron chi connectivity index (χ2n) is 5.21. The van der Waals surface area contributed by atoms with E-state index in [1.807, 2.05) is 20.8 Å². The van der Waals surface area contributed by atoms with E-state index in [9.17, 15) is 8.42 Å². The summed E-state index contributed by atoms with van der Waals surface area (Å²) in [6.45, 7) is 6.00. The molecule has 0 amide bonds. The van der Waals surface area contributed by atoms with Gasteiger partial charge in [-0.25, -0.2) is 13.1 Å². The first kappa shape index (κ1) is 16.4. The van der Waals surface area contributed by atoms with Crippen molar-refractivity contribution >= 4 is 21.6 Å². The summed E-state index contributed by atoms with van der Waals surface area (Å²) in [5.41, 5.74) is 5.76. The van der Waals surface area contributed by atoms with Gasteiger partial charge in [0.2, 0.25) is 10.0 Å². The lowest BCUT2D eigenvalue weighted by Gasteiger charge is -2.25. The Morgan fingerprint density at radius 1 is 1.37 bits per heavy atom. The third kappa shape index (κ3) is 4.45. The zero-order chi connectivity index (χ0) is 14.7. The first-order valence-corrected chi connectivity index (χ1v) is 8.10. The van der Waals surface area contributed by atoms with Crippen molar-refractivity contribution in [2.45, 2.75) is 50.6 Å². The molecule has 0 atom stereocenters. The van der Waals surface area contributed by atoms with Crippen LogP contribution < -0.4 is 10.5 Å². The number of nitrogens with two attached hydrogens (primary N) is 1. The monoisotopic (exact) mass is 304 g/mol. The van der Waals surface area contributed by atoms with E-state index >= 15 is 0 Å². The van der Waals surface area contributed by atoms with Gasteiger partial charge in [-0.05, 0) is 38.0 Å². The molecule has 108 valence electrons. The number of nitrogens with one attached hydrogen (secondary N) is 1. The van der Waals surface area contributed by atoms with Crippen LogP contribution in [0.5, 0.6) is 0 Å². The van der Waals surface area contributed by atoms with E-state index in [4.69, 9.17) is 17.3 Å². The minimum absolute atomic E-state index is 0.0845. The number of halogens is 1. The molecule has 19 heavy (non-hydrogen) atoms. The highest BCUT2D eigenvalue weighted by Crippen LogP contribution is 2.24. The van der Waals surface area contributed by atoms with Gasteiger partial charge in [0.25, 0.3) is 0 Å². The van der Waals surface area contributed by atoms with Crippen molar-refractivity contribution in [1.82, 2.24) is 4.72 Å². The summed E-state index contributed by atoms with van der Waals surface area (Å²) in [4.78, 5) is 0.0845. The van der Waals surface area contributed by atoms with Crippen LogP contribution in [0.25, 0.3) is 0 Å². The van der Waals surface area contributed by atoms with Gasteiger partial charge in [0, 0.05) is 12.1 Å². The maximum absolute atomic E-state index is 12.4. The quantitative estimate of drug-likeness (QED) is 0.848. The van der Waals surface area contributed by atoms with Gasteiger partial charge < -0.3 is 5.73 Å². The Kier molecular flexibility index (Phi) is 5.38. The molecule has 0 aliphatic heterocycles. The highest BCUT2D eigenvalue weighted by atomic mass is 35.5. The van der Waals surface area contributed by atoms with Crippen molar-refractivity contribution in [2.24, 2.45) is 5.73 Å². The lowest BCUT2D eigenvalue weighted by molar-refractivity contribution is 0.418. The number of benzene rings is 1. The Hall–Kier alpha value is -0.620. The number of rotatable bonds is 6. The Labute approximate surface area is 120 Å². The van der Waals surface area contributed by atoms with Crippen molar-refractivity contribution in [2.75, 3.05) is 0 Å². The third-order valence-corrected chi connectivity index (χ3v) is 4.99. The van der Waals surface area contributed by atoms with Crippen LogP contribution in [0, 0.1) is 0 Å². The van der Waals surface area contributed by atoms with Gasteiger partial charge in [-0.2, -0.15) is 0 Å². The van der Waals surface area contributed by atoms with Gasteiger partial charge >= 0.3 is 0 Å². The summed E-state index contributed by atoms with van der Waals surface area (Å²) >= 11 is 5.98. The van der Waals surface area contributed by atoms with Crippen LogP contribution in [-0.2, 0) is 16.6 Å². The van der Waals surface area contributed by atoms with E-state index in [0.29, 0.717) is 0 Å². The van der Waals surface area contributed by atoms with Gasteiger partial charge in [-0.3, -0.25) is 0 Å². The molecular weight excluding hydrogens is 284 g/mol. The Morgan fingerprint density at radius 2 is 2.00 bits per heavy atom. The molecular formula is C13H21ClN2O2S. The molecule has 4 nitrogen and oxygen atoms in total. The molecule has 0 aliphatic carbocycles. The fourth-order valence-electron chi connectivity index (χ4n) is 1.98. The van der Waals surface area contributed by atoms with Crippen LogP contribution in [0.2, 0.25) is 5.02 Å². The molecule has 0 saturated heterocycles. The van der Waals surface area contributed by atoms with Crippen LogP contribution in [0.15, 0.2) is 23.1 Å². The molecule has 0 aliphatic rings. The number of hydrogen-bond donors (Lipinski definition) is 2. The summed E-state index contributed by atoms with van der Waals surface area (Å²) in [5.74, 6) is 0. The van der Waals surface area contributed by atoms with Crippen molar-refractivity contribution in [3.8, 4) is 0 Å². The van der Waals surface area contributed by atoms with Crippen LogP contribution in [0.4, 0.5) is 0 Å². The minimum atomic E-state index is -3.64. The van der Waals surface area contributed by atoms with E-state index in [1.165, 1.54) is 6.07 Å². The molecule has 6 heteroatoms. The largest absolute Gasteiger partial charge is 0.326 e. The molecule has 1 aromatic carbocycles. The van der Waals surface area contributed by atoms with Gasteiger partial charge in [-0.1, -0.05) is 31.0 Å². The van der Waals surface area contributed by atoms with Crippen molar-refractivity contribution in [1.29, 1.82) is 0 Å². The van der Waals surface area contributed by atoms with E-state index in [-0.39, 0.29) is 16.5 Å². The fourth-order valence-corrected chi connectivity index (χ4v) is 3.97. The maximum atomic E-state index is 12.4. The molecule has 0 radical (unpaired) electrons. The van der Waals surface area contributed by atoms with Gasteiger partial charge in [0.15, 0.2) is 0 Å². The average molecular weight is 305 g/mol. The van der Waals surface area contributed by atoms with E-state index in [1.54, 1.807) is 12.1 Å². The summed E-state index contributed by atoms with van der Waals surface area (Å²) < 4.78 is 27.4. The number of sulfonamides is 1. The average Bonchev–Trinajstić information content (AvgIpc) is 2.27. The molecule has 0 heterocycles. The summed E-state index contributed by atoms with van der Waals surface area (Å²) in [5, 5.41) is 0.206. The first-order chi connectivity index (χ1) is 8.72. The Bertz CT molecular complexity index is 542. The normalized spacial score (nSPS) is 12.7. The van der Waals surface area contributed by atoms with Gasteiger partial charge in [0.1, 0.15) is 4.90 Å². The van der Waals surface area contributed by atoms with E-state index < -0.39 is 15.6 Å². The van der Waals surface area contributed by atoms with Crippen molar-refractivity contribution in [3.63, 3.8) is 0 Å². The van der Waals surface area contributed by atoms with Crippen molar-refractivity contribution in [3.05, 3.63) is 28.8 Å². The standard InChI is InChI=1S/C13H21ClN2O2S/c1-4-7-13(2,3)16-19(17,18)12-8-10(9-15)5-6-11(12)14/h5-6,8,16H,4,7,9,15H2,1-3H3. The smallest absolute Gasteiger partial charge is 0.242 e. The van der Waals surface area contributed by atoms with Crippen LogP contribution >= 0.6 is 11.6 Å². The van der Waals surface area contributed by atoms with Crippen LogP contribution in [0.1, 0.15) is 39.2 Å². The highest BCUT2D eigenvalue weighted by molar-refractivity contribution is 7.89. The van der Waals surface area contributed by atoms with Crippen LogP contribution in [0.3, 0.4) is 0 Å². The van der Waals surface area contributed by atoms with Gasteiger partial charge in [0.05, 0.1) is 5.02 Å². The topological polar surface area (TPSA) is 72.2 Å². The minimum Gasteiger partial charge on any atom is -0.326 e. The maximum Gasteiger partial charge on any atom is 0.242 e. The highest BCUT2D eigenvalue weighted by Gasteiger charge is 2.27. The predicted molar refractivity (Wildman–Crippen MR) is 78.7 cm³/mol. The van der Waals surface area contributed by atoms with Crippen LogP contribution in [-0.4, -0.2) is 14.0 Å². The second kappa shape index (κ2) is 6.22. The molecule has 0 unspecified atom stereocenters. The zero-order valence-corrected chi connectivity index (χ0v) is 13.1. The van der Waals surface area contributed by atoms with E-state index in [2.05, 4.69) is 4.72 Å². The molecule has 3 N–H and O–H groups in total. The fraction of sp³-hybridized carbons (Fsp3) is 0.538. The summed E-state index contributed by atoms with van der Waals surface area (Å²) in [7, 11) is -3.64. The lowest BCUT2D eigenvalue weighted by atomic mass is 10.0. The molecule has 0 aromatic heterocycles. The van der Waals surface area contributed by atoms with Crippen molar-refractivity contribution < 1.29 is 8.42 Å². The Morgan fingerprint density at radius 3 is 2.53 bits per heavy atom. The predicted octanol–water partition coefficient (Wildman–Crippen LogP) is 2.66. The lowest BCUT2D eigenvalue weighted by Crippen LogP contribution is -2.43. The first-order valence-electron chi connectivity index (χ1n) is 6.24. The SMILES string of the molecule is CCCC(C)(C)NS(=O)(=O)c1cc(CN)ccc1Cl. The molecule has 0 bridgehead atoms. The molecule has 0 spiro atoms. The molecule has 1 aromatic rings. The second-order valence-corrected chi connectivity index (χ2v) is 7.27. The molecule has 1 rings (SSSR count). The number of hydrogen-bond acceptors (Lipinski definition) is 3.